The summed E-state index contributed by atoms with van der Waals surface area (Å²) >= 11 is 4.06. The van der Waals surface area contributed by atoms with Crippen molar-refractivity contribution in [2.75, 3.05) is 0 Å². The van der Waals surface area contributed by atoms with E-state index in [0.29, 0.717) is 4.90 Å². The molecule has 1 aromatic rings. The van der Waals surface area contributed by atoms with Crippen molar-refractivity contribution in [2.45, 2.75) is 31.2 Å². The van der Waals surface area contributed by atoms with E-state index in [2.05, 4.69) is 17.9 Å². The number of rotatable bonds is 3. The van der Waals surface area contributed by atoms with Crippen molar-refractivity contribution >= 4 is 18.5 Å². The lowest BCUT2D eigenvalue weighted by Gasteiger charge is -2.11. The first-order valence-electron chi connectivity index (χ1n) is 4.84. The van der Waals surface area contributed by atoms with E-state index in [-0.39, 0.29) is 11.6 Å². The molecule has 0 aliphatic carbocycles. The Morgan fingerprint density at radius 3 is 2.87 bits per heavy atom. The minimum Gasteiger partial charge on any atom is -0.350 e. The fourth-order valence-corrected chi connectivity index (χ4v) is 1.29. The van der Waals surface area contributed by atoms with Gasteiger partial charge in [0, 0.05) is 10.9 Å². The van der Waals surface area contributed by atoms with E-state index in [1.165, 1.54) is 18.2 Å². The molecule has 1 atom stereocenters. The van der Waals surface area contributed by atoms with Gasteiger partial charge in [0.25, 0.3) is 5.91 Å². The third kappa shape index (κ3) is 3.23. The molecule has 0 saturated carbocycles. The van der Waals surface area contributed by atoms with Crippen LogP contribution in [0.2, 0.25) is 0 Å². The maximum atomic E-state index is 13.3. The van der Waals surface area contributed by atoms with E-state index in [9.17, 15) is 9.18 Å². The van der Waals surface area contributed by atoms with Crippen LogP contribution in [0, 0.1) is 5.82 Å². The molecular weight excluding hydrogens is 213 g/mol. The highest BCUT2D eigenvalue weighted by molar-refractivity contribution is 7.80. The summed E-state index contributed by atoms with van der Waals surface area (Å²) in [5, 5.41) is 2.70. The van der Waals surface area contributed by atoms with Crippen LogP contribution in [0.15, 0.2) is 23.1 Å². The number of hydrogen-bond donors (Lipinski definition) is 2. The Morgan fingerprint density at radius 2 is 2.27 bits per heavy atom. The summed E-state index contributed by atoms with van der Waals surface area (Å²) in [4.78, 5) is 12.2. The fraction of sp³-hybridized carbons (Fsp3) is 0.364. The Bertz CT molecular complexity index is 368. The van der Waals surface area contributed by atoms with E-state index >= 15 is 0 Å². The maximum absolute atomic E-state index is 13.3. The van der Waals surface area contributed by atoms with Crippen molar-refractivity contribution in [3.8, 4) is 0 Å². The van der Waals surface area contributed by atoms with Crippen LogP contribution in [-0.2, 0) is 0 Å². The molecule has 0 aliphatic heterocycles. The molecule has 2 nitrogen and oxygen atoms in total. The maximum Gasteiger partial charge on any atom is 0.254 e. The van der Waals surface area contributed by atoms with Gasteiger partial charge >= 0.3 is 0 Å². The van der Waals surface area contributed by atoms with Gasteiger partial charge in [-0.25, -0.2) is 4.39 Å². The Morgan fingerprint density at radius 1 is 1.60 bits per heavy atom. The molecule has 1 aromatic carbocycles. The Labute approximate surface area is 94.3 Å². The summed E-state index contributed by atoms with van der Waals surface area (Å²) < 4.78 is 13.3. The van der Waals surface area contributed by atoms with Crippen LogP contribution in [0.3, 0.4) is 0 Å². The van der Waals surface area contributed by atoms with Gasteiger partial charge in [0.1, 0.15) is 5.82 Å². The highest BCUT2D eigenvalue weighted by Gasteiger charge is 2.13. The number of hydrogen-bond acceptors (Lipinski definition) is 2. The fourth-order valence-electron chi connectivity index (χ4n) is 1.09. The van der Waals surface area contributed by atoms with Gasteiger partial charge in [-0.05, 0) is 31.5 Å². The minimum atomic E-state index is -0.520. The molecule has 82 valence electrons. The molecule has 15 heavy (non-hydrogen) atoms. The summed E-state index contributed by atoms with van der Waals surface area (Å²) in [5.41, 5.74) is 0.0443. The molecule has 0 aliphatic rings. The molecule has 0 fully saturated rings. The van der Waals surface area contributed by atoms with E-state index < -0.39 is 11.7 Å². The van der Waals surface area contributed by atoms with Gasteiger partial charge in [0.2, 0.25) is 0 Å². The summed E-state index contributed by atoms with van der Waals surface area (Å²) in [5.74, 6) is -0.911. The average molecular weight is 227 g/mol. The smallest absolute Gasteiger partial charge is 0.254 e. The lowest BCUT2D eigenvalue weighted by Crippen LogP contribution is -2.32. The van der Waals surface area contributed by atoms with Crippen LogP contribution >= 0.6 is 12.6 Å². The molecule has 0 spiro atoms. The molecule has 1 N–H and O–H groups in total. The molecule has 0 bridgehead atoms. The lowest BCUT2D eigenvalue weighted by atomic mass is 10.1. The van der Waals surface area contributed by atoms with Gasteiger partial charge in [-0.15, -0.1) is 12.6 Å². The first-order chi connectivity index (χ1) is 7.04. The van der Waals surface area contributed by atoms with Gasteiger partial charge in [0.05, 0.1) is 5.56 Å². The van der Waals surface area contributed by atoms with Gasteiger partial charge in [-0.1, -0.05) is 6.92 Å². The number of benzene rings is 1. The summed E-state index contributed by atoms with van der Waals surface area (Å²) in [6.45, 7) is 3.83. The van der Waals surface area contributed by atoms with E-state index in [4.69, 9.17) is 0 Å². The van der Waals surface area contributed by atoms with Crippen molar-refractivity contribution in [2.24, 2.45) is 0 Å². The zero-order valence-electron chi connectivity index (χ0n) is 8.75. The molecule has 1 unspecified atom stereocenters. The number of halogens is 1. The number of carbonyl (C=O) groups excluding carboxylic acids is 1. The van der Waals surface area contributed by atoms with Gasteiger partial charge in [-0.2, -0.15) is 0 Å². The third-order valence-electron chi connectivity index (χ3n) is 2.18. The predicted octanol–water partition coefficient (Wildman–Crippen LogP) is 2.64. The Kier molecular flexibility index (Phi) is 4.15. The highest BCUT2D eigenvalue weighted by atomic mass is 32.1. The minimum absolute atomic E-state index is 0.0421. The molecule has 0 heterocycles. The molecule has 0 radical (unpaired) electrons. The van der Waals surface area contributed by atoms with Crippen molar-refractivity contribution < 1.29 is 9.18 Å². The first kappa shape index (κ1) is 12.0. The number of thiol groups is 1. The topological polar surface area (TPSA) is 29.1 Å². The van der Waals surface area contributed by atoms with Crippen molar-refractivity contribution in [1.82, 2.24) is 5.32 Å². The highest BCUT2D eigenvalue weighted by Crippen LogP contribution is 2.13. The molecule has 0 saturated heterocycles. The predicted molar refractivity (Wildman–Crippen MR) is 60.9 cm³/mol. The van der Waals surface area contributed by atoms with Crippen LogP contribution in [0.1, 0.15) is 30.6 Å². The first-order valence-corrected chi connectivity index (χ1v) is 5.28. The Hall–Kier alpha value is -1.03. The van der Waals surface area contributed by atoms with Gasteiger partial charge < -0.3 is 5.32 Å². The Balaban J connectivity index is 2.86. The number of nitrogens with one attached hydrogen (secondary N) is 1. The second-order valence-corrected chi connectivity index (χ2v) is 3.96. The van der Waals surface area contributed by atoms with Gasteiger partial charge in [0.15, 0.2) is 0 Å². The zero-order valence-corrected chi connectivity index (χ0v) is 9.64. The average Bonchev–Trinajstić information content (AvgIpc) is 2.21. The molecular formula is C11H14FNOS. The molecule has 0 aromatic heterocycles. The lowest BCUT2D eigenvalue weighted by molar-refractivity contribution is 0.0935. The van der Waals surface area contributed by atoms with E-state index in [1.807, 2.05) is 13.8 Å². The SMILES string of the molecule is CCC(C)NC(=O)c1cc(S)ccc1F. The largest absolute Gasteiger partial charge is 0.350 e. The van der Waals surface area contributed by atoms with Crippen molar-refractivity contribution in [3.63, 3.8) is 0 Å². The van der Waals surface area contributed by atoms with Crippen LogP contribution in [0.4, 0.5) is 4.39 Å². The van der Waals surface area contributed by atoms with Gasteiger partial charge in [-0.3, -0.25) is 4.79 Å². The second-order valence-electron chi connectivity index (χ2n) is 3.45. The standard InChI is InChI=1S/C11H14FNOS/c1-3-7(2)13-11(14)9-6-8(15)4-5-10(9)12/h4-7,15H,3H2,1-2H3,(H,13,14). The van der Waals surface area contributed by atoms with Crippen LogP contribution in [-0.4, -0.2) is 11.9 Å². The van der Waals surface area contributed by atoms with Crippen molar-refractivity contribution in [1.29, 1.82) is 0 Å². The zero-order chi connectivity index (χ0) is 11.4. The second kappa shape index (κ2) is 5.16. The molecule has 1 rings (SSSR count). The summed E-state index contributed by atoms with van der Waals surface area (Å²) in [6.07, 6.45) is 0.813. The number of carbonyl (C=O) groups is 1. The van der Waals surface area contributed by atoms with Crippen molar-refractivity contribution in [3.05, 3.63) is 29.6 Å². The monoisotopic (exact) mass is 227 g/mol. The van der Waals surface area contributed by atoms with Crippen LogP contribution < -0.4 is 5.32 Å². The molecule has 1 amide bonds. The number of amides is 1. The van der Waals surface area contributed by atoms with E-state index in [0.717, 1.165) is 6.42 Å². The third-order valence-corrected chi connectivity index (χ3v) is 2.46. The van der Waals surface area contributed by atoms with Crippen LogP contribution in [0.5, 0.6) is 0 Å². The quantitative estimate of drug-likeness (QED) is 0.764. The summed E-state index contributed by atoms with van der Waals surface area (Å²) in [6, 6.07) is 4.23. The van der Waals surface area contributed by atoms with Crippen LogP contribution in [0.25, 0.3) is 0 Å². The van der Waals surface area contributed by atoms with E-state index in [1.54, 1.807) is 0 Å². The molecule has 4 heteroatoms. The normalized spacial score (nSPS) is 12.3. The summed E-state index contributed by atoms with van der Waals surface area (Å²) in [7, 11) is 0.